The highest BCUT2D eigenvalue weighted by Crippen LogP contribution is 2.38. The Bertz CT molecular complexity index is 1270. The second kappa shape index (κ2) is 8.81. The Balaban J connectivity index is 1.51. The molecule has 34 heavy (non-hydrogen) atoms. The number of likely N-dealkylation sites (tertiary alicyclic amines) is 1. The molecule has 3 aromatic rings. The zero-order valence-corrected chi connectivity index (χ0v) is 19.0. The average Bonchev–Trinajstić information content (AvgIpc) is 2.77. The number of nitrogens with zero attached hydrogens (tertiary/aromatic N) is 5. The highest BCUT2D eigenvalue weighted by molar-refractivity contribution is 6.03. The highest BCUT2D eigenvalue weighted by Gasteiger charge is 2.33. The SMILES string of the molecule is CC(=O)N1CC(O/N=C2\CC(c3ccc(F)cc3-c3cccnc3)Cc3nc(N)nc(C)c32)C1. The van der Waals surface area contributed by atoms with Crippen molar-refractivity contribution in [2.45, 2.75) is 38.7 Å². The number of pyridine rings is 1. The number of halogens is 1. The molecule has 2 aliphatic rings. The molecule has 1 fully saturated rings. The van der Waals surface area contributed by atoms with Gasteiger partial charge in [0, 0.05) is 36.9 Å². The van der Waals surface area contributed by atoms with Crippen LogP contribution >= 0.6 is 0 Å². The number of aryl methyl sites for hydroxylation is 1. The Hall–Kier alpha value is -3.88. The van der Waals surface area contributed by atoms with Gasteiger partial charge in [0.2, 0.25) is 11.9 Å². The number of carbonyl (C=O) groups is 1. The van der Waals surface area contributed by atoms with E-state index in [0.29, 0.717) is 25.9 Å². The third-order valence-corrected chi connectivity index (χ3v) is 6.38. The number of fused-ring (bicyclic) bond motifs is 1. The lowest BCUT2D eigenvalue weighted by molar-refractivity contribution is -0.142. The van der Waals surface area contributed by atoms with Gasteiger partial charge in [0.05, 0.1) is 30.2 Å². The van der Waals surface area contributed by atoms with E-state index in [1.54, 1.807) is 23.4 Å². The smallest absolute Gasteiger partial charge is 0.220 e. The highest BCUT2D eigenvalue weighted by atomic mass is 19.1. The van der Waals surface area contributed by atoms with Gasteiger partial charge in [-0.2, -0.15) is 0 Å². The third kappa shape index (κ3) is 4.21. The van der Waals surface area contributed by atoms with E-state index in [2.05, 4.69) is 20.1 Å². The van der Waals surface area contributed by atoms with Crippen molar-refractivity contribution in [1.29, 1.82) is 0 Å². The topological polar surface area (TPSA) is 107 Å². The largest absolute Gasteiger partial charge is 0.388 e. The molecule has 5 rings (SSSR count). The summed E-state index contributed by atoms with van der Waals surface area (Å²) < 4.78 is 14.2. The molecule has 0 saturated carbocycles. The first-order valence-corrected chi connectivity index (χ1v) is 11.2. The Kier molecular flexibility index (Phi) is 5.69. The molecule has 1 amide bonds. The molecule has 0 spiro atoms. The monoisotopic (exact) mass is 460 g/mol. The fourth-order valence-electron chi connectivity index (χ4n) is 4.68. The van der Waals surface area contributed by atoms with Crippen LogP contribution in [0.4, 0.5) is 10.3 Å². The quantitative estimate of drug-likeness (QED) is 0.599. The lowest BCUT2D eigenvalue weighted by atomic mass is 9.78. The lowest BCUT2D eigenvalue weighted by Gasteiger charge is -2.36. The zero-order valence-electron chi connectivity index (χ0n) is 19.0. The summed E-state index contributed by atoms with van der Waals surface area (Å²) >= 11 is 0. The second-order valence-corrected chi connectivity index (χ2v) is 8.76. The molecule has 0 radical (unpaired) electrons. The molecule has 2 N–H and O–H groups in total. The van der Waals surface area contributed by atoms with Crippen molar-refractivity contribution < 1.29 is 14.0 Å². The molecule has 1 aliphatic heterocycles. The number of hydrogen-bond acceptors (Lipinski definition) is 7. The lowest BCUT2D eigenvalue weighted by Crippen LogP contribution is -2.53. The van der Waals surface area contributed by atoms with Crippen LogP contribution in [0, 0.1) is 12.7 Å². The van der Waals surface area contributed by atoms with E-state index in [9.17, 15) is 9.18 Å². The summed E-state index contributed by atoms with van der Waals surface area (Å²) in [7, 11) is 0. The fourth-order valence-corrected chi connectivity index (χ4v) is 4.68. The minimum absolute atomic E-state index is 0.0190. The van der Waals surface area contributed by atoms with Crippen molar-refractivity contribution in [2.75, 3.05) is 18.8 Å². The summed E-state index contributed by atoms with van der Waals surface area (Å²) in [6.45, 7) is 4.45. The molecule has 1 aromatic carbocycles. The molecule has 2 aromatic heterocycles. The maximum atomic E-state index is 14.2. The van der Waals surface area contributed by atoms with Gasteiger partial charge in [-0.25, -0.2) is 14.4 Å². The van der Waals surface area contributed by atoms with Gasteiger partial charge in [0.25, 0.3) is 0 Å². The minimum Gasteiger partial charge on any atom is -0.388 e. The van der Waals surface area contributed by atoms with E-state index < -0.39 is 0 Å². The number of carbonyl (C=O) groups excluding carboxylic acids is 1. The van der Waals surface area contributed by atoms with Gasteiger partial charge in [0.1, 0.15) is 5.82 Å². The number of oxime groups is 1. The van der Waals surface area contributed by atoms with Gasteiger partial charge in [-0.05, 0) is 48.6 Å². The van der Waals surface area contributed by atoms with Crippen LogP contribution in [0.2, 0.25) is 0 Å². The van der Waals surface area contributed by atoms with E-state index in [1.807, 2.05) is 25.1 Å². The fraction of sp³-hybridized carbons (Fsp3) is 0.320. The number of aromatic nitrogens is 3. The van der Waals surface area contributed by atoms with E-state index >= 15 is 0 Å². The van der Waals surface area contributed by atoms with Crippen LogP contribution in [0.5, 0.6) is 0 Å². The molecular weight excluding hydrogens is 435 g/mol. The van der Waals surface area contributed by atoms with E-state index in [1.165, 1.54) is 13.0 Å². The standard InChI is InChI=1S/C25H25FN6O2/c1-14-24-22(30-25(27)29-14)8-17(9-23(24)31-34-19-12-32(13-19)15(2)33)20-6-5-18(26)10-21(20)16-4-3-7-28-11-16/h3-7,10-11,17,19H,8-9,12-13H2,1-2H3,(H2,27,29,30)/b31-23+. The van der Waals surface area contributed by atoms with Crippen LogP contribution in [0.25, 0.3) is 11.1 Å². The van der Waals surface area contributed by atoms with Gasteiger partial charge < -0.3 is 15.5 Å². The van der Waals surface area contributed by atoms with Crippen LogP contribution in [-0.2, 0) is 16.1 Å². The number of amides is 1. The zero-order chi connectivity index (χ0) is 23.8. The molecule has 9 heteroatoms. The van der Waals surface area contributed by atoms with E-state index in [0.717, 1.165) is 39.4 Å². The molecule has 3 heterocycles. The summed E-state index contributed by atoms with van der Waals surface area (Å²) in [5.41, 5.74) is 11.7. The van der Waals surface area contributed by atoms with Crippen LogP contribution in [0.1, 0.15) is 41.8 Å². The Morgan fingerprint density at radius 3 is 2.79 bits per heavy atom. The first-order chi connectivity index (χ1) is 16.4. The first-order valence-electron chi connectivity index (χ1n) is 11.2. The summed E-state index contributed by atoms with van der Waals surface area (Å²) in [5, 5.41) is 4.50. The molecule has 1 aliphatic carbocycles. The Morgan fingerprint density at radius 2 is 2.06 bits per heavy atom. The number of rotatable bonds is 4. The predicted octanol–water partition coefficient (Wildman–Crippen LogP) is 3.25. The number of benzene rings is 1. The van der Waals surface area contributed by atoms with Gasteiger partial charge in [0.15, 0.2) is 6.10 Å². The number of nitrogens with two attached hydrogens (primary N) is 1. The van der Waals surface area contributed by atoms with Crippen molar-refractivity contribution in [3.05, 3.63) is 71.1 Å². The Morgan fingerprint density at radius 1 is 1.24 bits per heavy atom. The molecule has 8 nitrogen and oxygen atoms in total. The van der Waals surface area contributed by atoms with Crippen LogP contribution in [0.15, 0.2) is 47.9 Å². The predicted molar refractivity (Wildman–Crippen MR) is 126 cm³/mol. The van der Waals surface area contributed by atoms with Crippen molar-refractivity contribution in [1.82, 2.24) is 19.9 Å². The second-order valence-electron chi connectivity index (χ2n) is 8.76. The summed E-state index contributed by atoms with van der Waals surface area (Å²) in [6, 6.07) is 8.59. The number of hydrogen-bond donors (Lipinski definition) is 1. The summed E-state index contributed by atoms with van der Waals surface area (Å²) in [5.74, 6) is -0.0951. The number of nitrogen functional groups attached to an aromatic ring is 1. The Labute approximate surface area is 196 Å². The molecule has 174 valence electrons. The van der Waals surface area contributed by atoms with Crippen molar-refractivity contribution in [3.63, 3.8) is 0 Å². The normalized spacial score (nSPS) is 19.0. The maximum Gasteiger partial charge on any atom is 0.220 e. The molecule has 1 saturated heterocycles. The maximum absolute atomic E-state index is 14.2. The molecular formula is C25H25FN6O2. The van der Waals surface area contributed by atoms with Crippen LogP contribution in [-0.4, -0.2) is 50.7 Å². The van der Waals surface area contributed by atoms with Gasteiger partial charge in [-0.3, -0.25) is 9.78 Å². The van der Waals surface area contributed by atoms with E-state index in [4.69, 9.17) is 10.6 Å². The first kappa shape index (κ1) is 21.9. The average molecular weight is 461 g/mol. The van der Waals surface area contributed by atoms with Gasteiger partial charge in [-0.15, -0.1) is 0 Å². The van der Waals surface area contributed by atoms with Crippen LogP contribution < -0.4 is 5.73 Å². The van der Waals surface area contributed by atoms with Gasteiger partial charge >= 0.3 is 0 Å². The molecule has 0 bridgehead atoms. The summed E-state index contributed by atoms with van der Waals surface area (Å²) in [6.07, 6.45) is 4.46. The van der Waals surface area contributed by atoms with Crippen LogP contribution in [0.3, 0.4) is 0 Å². The van der Waals surface area contributed by atoms with Crippen molar-refractivity contribution >= 4 is 17.6 Å². The van der Waals surface area contributed by atoms with Crippen molar-refractivity contribution in [2.24, 2.45) is 5.16 Å². The molecule has 1 unspecified atom stereocenters. The third-order valence-electron chi connectivity index (χ3n) is 6.38. The molecule has 1 atom stereocenters. The van der Waals surface area contributed by atoms with E-state index in [-0.39, 0.29) is 29.7 Å². The number of anilines is 1. The summed E-state index contributed by atoms with van der Waals surface area (Å²) in [4.78, 5) is 32.0. The minimum atomic E-state index is -0.307. The van der Waals surface area contributed by atoms with Crippen molar-refractivity contribution in [3.8, 4) is 11.1 Å². The van der Waals surface area contributed by atoms with Gasteiger partial charge in [-0.1, -0.05) is 17.3 Å².